The molecule has 0 aliphatic carbocycles. The minimum atomic E-state index is 0.130. The molecule has 0 atom stereocenters. The Hall–Kier alpha value is -1.55. The van der Waals surface area contributed by atoms with Crippen molar-refractivity contribution in [2.45, 2.75) is 20.8 Å². The van der Waals surface area contributed by atoms with E-state index in [0.717, 1.165) is 48.6 Å². The molecule has 19 heavy (non-hydrogen) atoms. The van der Waals surface area contributed by atoms with Crippen molar-refractivity contribution in [3.63, 3.8) is 0 Å². The van der Waals surface area contributed by atoms with Gasteiger partial charge in [0.05, 0.1) is 6.61 Å². The van der Waals surface area contributed by atoms with Gasteiger partial charge in [-0.15, -0.1) is 0 Å². The summed E-state index contributed by atoms with van der Waals surface area (Å²) >= 11 is 0. The first-order valence-corrected chi connectivity index (χ1v) is 6.87. The molecule has 1 amide bonds. The zero-order valence-electron chi connectivity index (χ0n) is 12.0. The van der Waals surface area contributed by atoms with Crippen LogP contribution in [0.2, 0.25) is 0 Å². The summed E-state index contributed by atoms with van der Waals surface area (Å²) in [5, 5.41) is 3.26. The molecule has 0 aromatic heterocycles. The van der Waals surface area contributed by atoms with Gasteiger partial charge in [-0.05, 0) is 44.0 Å². The number of nitrogens with zero attached hydrogens (tertiary/aromatic N) is 1. The van der Waals surface area contributed by atoms with Crippen molar-refractivity contribution in [2.24, 2.45) is 0 Å². The van der Waals surface area contributed by atoms with E-state index in [1.807, 2.05) is 37.8 Å². The second-order valence-corrected chi connectivity index (χ2v) is 4.91. The van der Waals surface area contributed by atoms with Gasteiger partial charge in [0.25, 0.3) is 5.91 Å². The maximum absolute atomic E-state index is 12.5. The summed E-state index contributed by atoms with van der Waals surface area (Å²) in [5.74, 6) is 1.00. The average molecular weight is 262 g/mol. The van der Waals surface area contributed by atoms with Gasteiger partial charge in [0.15, 0.2) is 0 Å². The van der Waals surface area contributed by atoms with Crippen molar-refractivity contribution in [3.05, 3.63) is 28.8 Å². The molecular formula is C15H22N2O2. The smallest absolute Gasteiger partial charge is 0.254 e. The summed E-state index contributed by atoms with van der Waals surface area (Å²) in [6, 6.07) is 3.92. The number of carbonyl (C=O) groups excluding carboxylic acids is 1. The van der Waals surface area contributed by atoms with Crippen molar-refractivity contribution in [3.8, 4) is 5.75 Å². The Morgan fingerprint density at radius 1 is 1.26 bits per heavy atom. The van der Waals surface area contributed by atoms with Crippen LogP contribution in [-0.4, -0.2) is 43.6 Å². The molecule has 0 unspecified atom stereocenters. The van der Waals surface area contributed by atoms with Gasteiger partial charge in [-0.3, -0.25) is 4.79 Å². The minimum absolute atomic E-state index is 0.130. The zero-order chi connectivity index (χ0) is 13.8. The lowest BCUT2D eigenvalue weighted by Crippen LogP contribution is -2.46. The first kappa shape index (κ1) is 13.9. The highest BCUT2D eigenvalue weighted by Gasteiger charge is 2.20. The van der Waals surface area contributed by atoms with Gasteiger partial charge in [-0.25, -0.2) is 0 Å². The second-order valence-electron chi connectivity index (χ2n) is 4.91. The van der Waals surface area contributed by atoms with E-state index in [1.165, 1.54) is 0 Å². The zero-order valence-corrected chi connectivity index (χ0v) is 12.0. The molecule has 1 aromatic rings. The molecule has 0 radical (unpaired) electrons. The van der Waals surface area contributed by atoms with Gasteiger partial charge >= 0.3 is 0 Å². The number of benzene rings is 1. The lowest BCUT2D eigenvalue weighted by molar-refractivity contribution is 0.0735. The molecule has 1 aliphatic rings. The Kier molecular flexibility index (Phi) is 4.43. The molecule has 4 heteroatoms. The predicted octanol–water partition coefficient (Wildman–Crippen LogP) is 1.75. The summed E-state index contributed by atoms with van der Waals surface area (Å²) < 4.78 is 5.56. The van der Waals surface area contributed by atoms with E-state index in [2.05, 4.69) is 5.32 Å². The van der Waals surface area contributed by atoms with Gasteiger partial charge < -0.3 is 15.0 Å². The molecule has 1 aromatic carbocycles. The number of rotatable bonds is 3. The Balaban J connectivity index is 2.24. The van der Waals surface area contributed by atoms with Crippen LogP contribution < -0.4 is 10.1 Å². The number of hydrogen-bond donors (Lipinski definition) is 1. The molecule has 1 aliphatic heterocycles. The fourth-order valence-corrected chi connectivity index (χ4v) is 2.37. The van der Waals surface area contributed by atoms with E-state index in [9.17, 15) is 4.79 Å². The highest BCUT2D eigenvalue weighted by molar-refractivity contribution is 5.96. The summed E-state index contributed by atoms with van der Waals surface area (Å²) in [6.07, 6.45) is 0. The summed E-state index contributed by atoms with van der Waals surface area (Å²) in [4.78, 5) is 14.4. The van der Waals surface area contributed by atoms with Crippen molar-refractivity contribution in [2.75, 3.05) is 32.8 Å². The monoisotopic (exact) mass is 262 g/mol. The first-order valence-electron chi connectivity index (χ1n) is 6.87. The van der Waals surface area contributed by atoms with Gasteiger partial charge in [0, 0.05) is 31.7 Å². The fourth-order valence-electron chi connectivity index (χ4n) is 2.37. The average Bonchev–Trinajstić information content (AvgIpc) is 2.43. The summed E-state index contributed by atoms with van der Waals surface area (Å²) in [5.41, 5.74) is 2.80. The molecule has 0 saturated carbocycles. The number of piperazine rings is 1. The van der Waals surface area contributed by atoms with Crippen molar-refractivity contribution in [1.29, 1.82) is 0 Å². The number of aryl methyl sites for hydroxylation is 2. The maximum atomic E-state index is 12.5. The number of nitrogens with one attached hydrogen (secondary N) is 1. The number of hydrogen-bond acceptors (Lipinski definition) is 3. The van der Waals surface area contributed by atoms with E-state index >= 15 is 0 Å². The first-order chi connectivity index (χ1) is 9.13. The molecule has 104 valence electrons. The maximum Gasteiger partial charge on any atom is 0.254 e. The highest BCUT2D eigenvalue weighted by atomic mass is 16.5. The van der Waals surface area contributed by atoms with E-state index in [0.29, 0.717) is 6.61 Å². The second kappa shape index (κ2) is 6.06. The summed E-state index contributed by atoms with van der Waals surface area (Å²) in [6.45, 7) is 9.88. The van der Waals surface area contributed by atoms with Gasteiger partial charge in [-0.1, -0.05) is 0 Å². The van der Waals surface area contributed by atoms with Crippen molar-refractivity contribution >= 4 is 5.91 Å². The van der Waals surface area contributed by atoms with Crippen molar-refractivity contribution < 1.29 is 9.53 Å². The molecule has 0 bridgehead atoms. The van der Waals surface area contributed by atoms with Crippen LogP contribution in [0.3, 0.4) is 0 Å². The third-order valence-corrected chi connectivity index (χ3v) is 3.46. The molecule has 1 fully saturated rings. The summed E-state index contributed by atoms with van der Waals surface area (Å²) in [7, 11) is 0. The van der Waals surface area contributed by atoms with Crippen LogP contribution in [0.5, 0.6) is 5.75 Å². The largest absolute Gasteiger partial charge is 0.494 e. The molecule has 2 rings (SSSR count). The third kappa shape index (κ3) is 3.07. The molecule has 1 N–H and O–H groups in total. The van der Waals surface area contributed by atoms with Gasteiger partial charge in [0.2, 0.25) is 0 Å². The molecule has 1 heterocycles. The van der Waals surface area contributed by atoms with Crippen LogP contribution in [0.4, 0.5) is 0 Å². The van der Waals surface area contributed by atoms with Crippen LogP contribution >= 0.6 is 0 Å². The van der Waals surface area contributed by atoms with Crippen LogP contribution in [0, 0.1) is 13.8 Å². The number of ether oxygens (including phenoxy) is 1. The fraction of sp³-hybridized carbons (Fsp3) is 0.533. The van der Waals surface area contributed by atoms with E-state index in [4.69, 9.17) is 4.74 Å². The van der Waals surface area contributed by atoms with Crippen molar-refractivity contribution in [1.82, 2.24) is 10.2 Å². The van der Waals surface area contributed by atoms with E-state index < -0.39 is 0 Å². The van der Waals surface area contributed by atoms with Crippen LogP contribution in [0.1, 0.15) is 28.4 Å². The van der Waals surface area contributed by atoms with E-state index in [1.54, 1.807) is 0 Å². The number of amides is 1. The van der Waals surface area contributed by atoms with Gasteiger partial charge in [0.1, 0.15) is 5.75 Å². The van der Waals surface area contributed by atoms with Gasteiger partial charge in [-0.2, -0.15) is 0 Å². The molecule has 0 spiro atoms. The Morgan fingerprint density at radius 3 is 2.58 bits per heavy atom. The lowest BCUT2D eigenvalue weighted by Gasteiger charge is -2.28. The normalized spacial score (nSPS) is 15.4. The lowest BCUT2D eigenvalue weighted by atomic mass is 10.0. The molecular weight excluding hydrogens is 240 g/mol. The topological polar surface area (TPSA) is 41.6 Å². The van der Waals surface area contributed by atoms with E-state index in [-0.39, 0.29) is 5.91 Å². The Bertz CT molecular complexity index is 465. The number of carbonyl (C=O) groups is 1. The molecule has 4 nitrogen and oxygen atoms in total. The third-order valence-electron chi connectivity index (χ3n) is 3.46. The minimum Gasteiger partial charge on any atom is -0.494 e. The predicted molar refractivity (Wildman–Crippen MR) is 75.9 cm³/mol. The highest BCUT2D eigenvalue weighted by Crippen LogP contribution is 2.24. The van der Waals surface area contributed by atoms with Crippen LogP contribution in [0.15, 0.2) is 12.1 Å². The van der Waals surface area contributed by atoms with Crippen LogP contribution in [0.25, 0.3) is 0 Å². The molecule has 1 saturated heterocycles. The Labute approximate surface area is 114 Å². The van der Waals surface area contributed by atoms with Crippen LogP contribution in [-0.2, 0) is 0 Å². The Morgan fingerprint density at radius 2 is 1.95 bits per heavy atom. The standard InChI is InChI=1S/C15H22N2O2/c1-4-19-14-10-11(2)13(9-12(14)3)15(18)17-7-5-16-6-8-17/h9-10,16H,4-8H2,1-3H3. The SMILES string of the molecule is CCOc1cc(C)c(C(=O)N2CCNCC2)cc1C. The quantitative estimate of drug-likeness (QED) is 0.902.